The number of benzene rings is 2. The number of ether oxygens (including phenoxy) is 2. The number of hydrogen-bond acceptors (Lipinski definition) is 5. The minimum absolute atomic E-state index is 0.00848. The molecule has 1 aliphatic heterocycles. The first-order valence-electron chi connectivity index (χ1n) is 8.77. The van der Waals surface area contributed by atoms with Crippen LogP contribution in [0.3, 0.4) is 0 Å². The summed E-state index contributed by atoms with van der Waals surface area (Å²) < 4.78 is 35.3. The molecule has 2 N–H and O–H groups in total. The van der Waals surface area contributed by atoms with Gasteiger partial charge in [0.05, 0.1) is 17.2 Å². The fraction of sp³-hybridized carbons (Fsp3) is 0.316. The maximum absolute atomic E-state index is 12.3. The normalized spacial score (nSPS) is 13.4. The van der Waals surface area contributed by atoms with Crippen LogP contribution in [0.2, 0.25) is 0 Å². The molecular formula is C19H23N3O4S. The zero-order valence-corrected chi connectivity index (χ0v) is 16.0. The number of aliphatic imine (C=N–C) groups is 1. The summed E-state index contributed by atoms with van der Waals surface area (Å²) >= 11 is 0. The molecule has 2 aromatic carbocycles. The first kappa shape index (κ1) is 19.0. The number of rotatable bonds is 7. The van der Waals surface area contributed by atoms with E-state index in [-0.39, 0.29) is 19.1 Å². The Morgan fingerprint density at radius 3 is 2.63 bits per heavy atom. The minimum atomic E-state index is -3.32. The van der Waals surface area contributed by atoms with Gasteiger partial charge in [0, 0.05) is 13.1 Å². The van der Waals surface area contributed by atoms with Crippen molar-refractivity contribution in [3.05, 3.63) is 54.1 Å². The van der Waals surface area contributed by atoms with Gasteiger partial charge in [-0.05, 0) is 36.8 Å². The van der Waals surface area contributed by atoms with E-state index in [9.17, 15) is 8.42 Å². The Balaban J connectivity index is 1.58. The first-order chi connectivity index (χ1) is 13.1. The van der Waals surface area contributed by atoms with Gasteiger partial charge >= 0.3 is 0 Å². The van der Waals surface area contributed by atoms with E-state index in [1.165, 1.54) is 0 Å². The van der Waals surface area contributed by atoms with Gasteiger partial charge in [-0.2, -0.15) is 0 Å². The Hall–Kier alpha value is -2.74. The number of fused-ring (bicyclic) bond motifs is 1. The number of guanidine groups is 1. The highest BCUT2D eigenvalue weighted by Gasteiger charge is 2.14. The highest BCUT2D eigenvalue weighted by atomic mass is 32.2. The number of nitrogens with zero attached hydrogens (tertiary/aromatic N) is 1. The van der Waals surface area contributed by atoms with Crippen molar-refractivity contribution in [2.45, 2.75) is 18.4 Å². The molecule has 0 spiro atoms. The molecule has 1 heterocycles. The summed E-state index contributed by atoms with van der Waals surface area (Å²) in [5, 5.41) is 6.19. The molecule has 0 saturated heterocycles. The fourth-order valence-corrected chi connectivity index (χ4v) is 3.78. The van der Waals surface area contributed by atoms with Gasteiger partial charge in [0.25, 0.3) is 0 Å². The molecule has 3 rings (SSSR count). The maximum atomic E-state index is 12.3. The highest BCUT2D eigenvalue weighted by Crippen LogP contribution is 2.32. The van der Waals surface area contributed by atoms with Crippen molar-refractivity contribution in [2.24, 2.45) is 4.99 Å². The van der Waals surface area contributed by atoms with Crippen molar-refractivity contribution in [1.29, 1.82) is 0 Å². The van der Waals surface area contributed by atoms with E-state index < -0.39 is 9.84 Å². The van der Waals surface area contributed by atoms with E-state index in [0.717, 1.165) is 17.1 Å². The Bertz CT molecular complexity index is 898. The molecule has 1 aliphatic rings. The molecule has 27 heavy (non-hydrogen) atoms. The second-order valence-electron chi connectivity index (χ2n) is 5.94. The quantitative estimate of drug-likeness (QED) is 0.556. The lowest BCUT2D eigenvalue weighted by molar-refractivity contribution is 0.174. The Morgan fingerprint density at radius 2 is 1.85 bits per heavy atom. The number of hydrogen-bond donors (Lipinski definition) is 2. The van der Waals surface area contributed by atoms with Crippen LogP contribution in [0.5, 0.6) is 11.5 Å². The molecule has 8 heteroatoms. The molecule has 0 radical (unpaired) electrons. The van der Waals surface area contributed by atoms with Crippen LogP contribution in [0, 0.1) is 0 Å². The van der Waals surface area contributed by atoms with Crippen LogP contribution in [0.25, 0.3) is 0 Å². The largest absolute Gasteiger partial charge is 0.454 e. The lowest BCUT2D eigenvalue weighted by Gasteiger charge is -2.12. The predicted molar refractivity (Wildman–Crippen MR) is 104 cm³/mol. The summed E-state index contributed by atoms with van der Waals surface area (Å²) in [6.45, 7) is 3.58. The standard InChI is InChI=1S/C19H23N3O4S/c1-2-20-19(21-10-11-27(23,24)16-6-4-3-5-7-16)22-13-15-8-9-17-18(12-15)26-14-25-17/h3-9,12H,2,10-11,13-14H2,1H3,(H2,20,21,22). The Morgan fingerprint density at radius 1 is 1.07 bits per heavy atom. The molecule has 7 nitrogen and oxygen atoms in total. The van der Waals surface area contributed by atoms with E-state index in [2.05, 4.69) is 15.6 Å². The smallest absolute Gasteiger partial charge is 0.231 e. The van der Waals surface area contributed by atoms with Gasteiger partial charge in [-0.25, -0.2) is 13.4 Å². The van der Waals surface area contributed by atoms with Crippen LogP contribution in [0.1, 0.15) is 12.5 Å². The van der Waals surface area contributed by atoms with Crippen molar-refractivity contribution in [2.75, 3.05) is 25.6 Å². The first-order valence-corrected chi connectivity index (χ1v) is 10.4. The van der Waals surface area contributed by atoms with Gasteiger partial charge in [0.1, 0.15) is 0 Å². The fourth-order valence-electron chi connectivity index (χ4n) is 2.60. The maximum Gasteiger partial charge on any atom is 0.231 e. The van der Waals surface area contributed by atoms with Crippen LogP contribution in [-0.4, -0.2) is 40.0 Å². The summed E-state index contributed by atoms with van der Waals surface area (Å²) in [6.07, 6.45) is 0. The minimum Gasteiger partial charge on any atom is -0.454 e. The second kappa shape index (κ2) is 8.77. The molecule has 0 aliphatic carbocycles. The molecule has 0 fully saturated rings. The van der Waals surface area contributed by atoms with Crippen LogP contribution in [0.4, 0.5) is 0 Å². The Labute approximate surface area is 159 Å². The third-order valence-corrected chi connectivity index (χ3v) is 5.70. The van der Waals surface area contributed by atoms with E-state index >= 15 is 0 Å². The van der Waals surface area contributed by atoms with Gasteiger partial charge in [-0.3, -0.25) is 0 Å². The summed E-state index contributed by atoms with van der Waals surface area (Å²) in [7, 11) is -3.32. The van der Waals surface area contributed by atoms with Crippen molar-refractivity contribution < 1.29 is 17.9 Å². The monoisotopic (exact) mass is 389 g/mol. The average molecular weight is 389 g/mol. The molecule has 2 aromatic rings. The van der Waals surface area contributed by atoms with Gasteiger partial charge in [0.15, 0.2) is 27.3 Å². The summed E-state index contributed by atoms with van der Waals surface area (Å²) in [6, 6.07) is 14.1. The Kier molecular flexibility index (Phi) is 6.18. The number of sulfone groups is 1. The third kappa shape index (κ3) is 5.13. The van der Waals surface area contributed by atoms with Crippen molar-refractivity contribution >= 4 is 15.8 Å². The highest BCUT2D eigenvalue weighted by molar-refractivity contribution is 7.91. The third-order valence-electron chi connectivity index (χ3n) is 3.97. The van der Waals surface area contributed by atoms with Crippen LogP contribution >= 0.6 is 0 Å². The molecule has 0 aromatic heterocycles. The van der Waals surface area contributed by atoms with Gasteiger partial charge in [-0.15, -0.1) is 0 Å². The van der Waals surface area contributed by atoms with Crippen LogP contribution in [0.15, 0.2) is 58.4 Å². The topological polar surface area (TPSA) is 89.0 Å². The number of nitrogens with one attached hydrogen (secondary N) is 2. The van der Waals surface area contributed by atoms with Gasteiger partial charge in [-0.1, -0.05) is 24.3 Å². The van der Waals surface area contributed by atoms with Crippen LogP contribution in [-0.2, 0) is 16.4 Å². The predicted octanol–water partition coefficient (Wildman–Crippen LogP) is 1.94. The van der Waals surface area contributed by atoms with Crippen molar-refractivity contribution in [1.82, 2.24) is 10.6 Å². The summed E-state index contributed by atoms with van der Waals surface area (Å²) in [4.78, 5) is 4.83. The van der Waals surface area contributed by atoms with E-state index in [1.807, 2.05) is 25.1 Å². The van der Waals surface area contributed by atoms with Gasteiger partial charge in [0.2, 0.25) is 6.79 Å². The lowest BCUT2D eigenvalue weighted by Crippen LogP contribution is -2.39. The van der Waals surface area contributed by atoms with Crippen molar-refractivity contribution in [3.63, 3.8) is 0 Å². The van der Waals surface area contributed by atoms with Crippen molar-refractivity contribution in [3.8, 4) is 11.5 Å². The lowest BCUT2D eigenvalue weighted by atomic mass is 10.2. The van der Waals surface area contributed by atoms with Crippen LogP contribution < -0.4 is 20.1 Å². The average Bonchev–Trinajstić information content (AvgIpc) is 3.14. The SMILES string of the molecule is CCNC(=NCc1ccc2c(c1)OCO2)NCCS(=O)(=O)c1ccccc1. The molecule has 0 amide bonds. The van der Waals surface area contributed by atoms with E-state index in [4.69, 9.17) is 9.47 Å². The zero-order chi connectivity index (χ0) is 19.1. The summed E-state index contributed by atoms with van der Waals surface area (Å²) in [5.41, 5.74) is 0.980. The summed E-state index contributed by atoms with van der Waals surface area (Å²) in [5.74, 6) is 2.01. The van der Waals surface area contributed by atoms with E-state index in [1.54, 1.807) is 30.3 Å². The molecule has 0 unspecified atom stereocenters. The zero-order valence-electron chi connectivity index (χ0n) is 15.1. The molecule has 0 saturated carbocycles. The molecule has 0 atom stereocenters. The second-order valence-corrected chi connectivity index (χ2v) is 8.05. The van der Waals surface area contributed by atoms with E-state index in [0.29, 0.717) is 23.9 Å². The molecule has 0 bridgehead atoms. The molecule has 144 valence electrons. The molecular weight excluding hydrogens is 366 g/mol. The van der Waals surface area contributed by atoms with Gasteiger partial charge < -0.3 is 20.1 Å².